The fourth-order valence-corrected chi connectivity index (χ4v) is 9.11. The molecule has 2 unspecified atom stereocenters. The molecule has 0 aromatic heterocycles. The molecule has 2 atom stereocenters. The summed E-state index contributed by atoms with van der Waals surface area (Å²) in [7, 11) is 0. The van der Waals surface area contributed by atoms with Crippen LogP contribution in [0.1, 0.15) is 86.4 Å². The van der Waals surface area contributed by atoms with Crippen LogP contribution in [-0.2, 0) is 8.86 Å². The van der Waals surface area contributed by atoms with E-state index in [4.69, 9.17) is 0 Å². The first-order chi connectivity index (χ1) is 25.5. The van der Waals surface area contributed by atoms with Crippen LogP contribution in [0, 0.1) is 13.8 Å². The van der Waals surface area contributed by atoms with E-state index in [9.17, 15) is 0 Å². The number of halogens is 2. The number of hydrogen-bond acceptors (Lipinski definition) is 1. The molecule has 0 saturated heterocycles. The number of hydrogen-bond donors (Lipinski definition) is 0. The smallest absolute Gasteiger partial charge is 0.0450 e. The summed E-state index contributed by atoms with van der Waals surface area (Å²) in [6.07, 6.45) is 8.55. The maximum Gasteiger partial charge on any atom is 0.0450 e. The maximum absolute atomic E-state index is 2.69. The van der Waals surface area contributed by atoms with Crippen molar-refractivity contribution in [2.75, 3.05) is 4.90 Å². The zero-order valence-corrected chi connectivity index (χ0v) is 34.1. The largest absolute Gasteiger partial charge is 0.337 e. The molecule has 0 radical (unpaired) electrons. The van der Waals surface area contributed by atoms with E-state index >= 15 is 0 Å². The van der Waals surface area contributed by atoms with Gasteiger partial charge < -0.3 is 4.90 Å². The minimum absolute atomic E-state index is 0.485. The van der Waals surface area contributed by atoms with Crippen LogP contribution in [-0.4, -0.2) is 6.04 Å². The maximum atomic E-state index is 2.69. The van der Waals surface area contributed by atoms with Gasteiger partial charge in [0.1, 0.15) is 0 Å². The molecule has 0 amide bonds. The summed E-state index contributed by atoms with van der Waals surface area (Å²) in [5.41, 5.74) is 19.5. The van der Waals surface area contributed by atoms with Crippen molar-refractivity contribution in [2.45, 2.75) is 53.9 Å². The van der Waals surface area contributed by atoms with Gasteiger partial charge in [-0.05, 0) is 124 Å². The van der Waals surface area contributed by atoms with Gasteiger partial charge in [-0.15, -0.1) is 0 Å². The summed E-state index contributed by atoms with van der Waals surface area (Å²) in [6, 6.07) is 52.9. The predicted molar refractivity (Wildman–Crippen MR) is 240 cm³/mol. The van der Waals surface area contributed by atoms with Crippen molar-refractivity contribution in [1.82, 2.24) is 0 Å². The van der Waals surface area contributed by atoms with E-state index in [0.717, 1.165) is 8.86 Å². The van der Waals surface area contributed by atoms with Crippen molar-refractivity contribution in [3.8, 4) is 0 Å². The van der Waals surface area contributed by atoms with Crippen molar-refractivity contribution in [3.05, 3.63) is 201 Å². The Kier molecular flexibility index (Phi) is 10.5. The van der Waals surface area contributed by atoms with Gasteiger partial charge in [0.05, 0.1) is 0 Å². The standard InChI is InChI=1S/C49H43I2N/c1-33-11-18-40(19-12-33)45(42-22-15-35(31-50)16-23-42)28-36-17-24-49-47(29-36)44-9-6-10-48(44)52(49)43-26-37(25-38(27-43)32-51)30-46(39-7-4-3-5-8-39)41-20-13-34(2)14-21-41/h3-5,7-8,11-30,44,48H,6,9-10,31-32H2,1-2H3/b45-28-,46-30+. The van der Waals surface area contributed by atoms with Crippen LogP contribution in [0.5, 0.6) is 0 Å². The first-order valence-electron chi connectivity index (χ1n) is 18.4. The van der Waals surface area contributed by atoms with Gasteiger partial charge in [-0.3, -0.25) is 0 Å². The second-order valence-electron chi connectivity index (χ2n) is 14.4. The zero-order chi connectivity index (χ0) is 35.6. The highest BCUT2D eigenvalue weighted by Gasteiger charge is 2.42. The van der Waals surface area contributed by atoms with E-state index in [1.54, 1.807) is 0 Å². The second kappa shape index (κ2) is 15.6. The van der Waals surface area contributed by atoms with E-state index in [1.807, 2.05) is 0 Å². The first-order valence-corrected chi connectivity index (χ1v) is 21.4. The summed E-state index contributed by atoms with van der Waals surface area (Å²) in [5, 5.41) is 0. The van der Waals surface area contributed by atoms with Crippen molar-refractivity contribution in [1.29, 1.82) is 0 Å². The molecule has 6 aromatic rings. The van der Waals surface area contributed by atoms with E-state index < -0.39 is 0 Å². The lowest BCUT2D eigenvalue weighted by Gasteiger charge is -2.28. The van der Waals surface area contributed by atoms with Crippen LogP contribution in [0.15, 0.2) is 140 Å². The van der Waals surface area contributed by atoms with Crippen LogP contribution < -0.4 is 4.90 Å². The van der Waals surface area contributed by atoms with Crippen LogP contribution in [0.25, 0.3) is 23.3 Å². The molecule has 258 valence electrons. The molecule has 1 fully saturated rings. The third-order valence-electron chi connectivity index (χ3n) is 10.8. The molecule has 52 heavy (non-hydrogen) atoms. The molecule has 1 aliphatic carbocycles. The first kappa shape index (κ1) is 35.1. The molecule has 8 rings (SSSR count). The molecular formula is C49H43I2N. The van der Waals surface area contributed by atoms with Gasteiger partial charge in [0.15, 0.2) is 0 Å². The summed E-state index contributed by atoms with van der Waals surface area (Å²) in [5.74, 6) is 0.545. The monoisotopic (exact) mass is 899 g/mol. The number of aryl methyl sites for hydroxylation is 2. The molecule has 1 nitrogen and oxygen atoms in total. The lowest BCUT2D eigenvalue weighted by molar-refractivity contribution is 0.641. The van der Waals surface area contributed by atoms with Crippen molar-refractivity contribution >= 4 is 79.9 Å². The Balaban J connectivity index is 1.21. The number of nitrogens with zero attached hydrogens (tertiary/aromatic N) is 1. The number of rotatable bonds is 9. The zero-order valence-electron chi connectivity index (χ0n) is 29.8. The predicted octanol–water partition coefficient (Wildman–Crippen LogP) is 14.1. The lowest BCUT2D eigenvalue weighted by atomic mass is 9.92. The SMILES string of the molecule is Cc1ccc(/C(=C/c2ccc3c(c2)C2CCCC2N3c2cc(/C=C(\c3ccccc3)c3ccc(C)cc3)cc(CI)c2)c2ccc(CI)cc2)cc1. The van der Waals surface area contributed by atoms with E-state index in [0.29, 0.717) is 12.0 Å². The van der Waals surface area contributed by atoms with E-state index in [2.05, 4.69) is 216 Å². The van der Waals surface area contributed by atoms with Gasteiger partial charge in [-0.25, -0.2) is 0 Å². The summed E-state index contributed by atoms with van der Waals surface area (Å²) in [6.45, 7) is 4.32. The lowest BCUT2D eigenvalue weighted by Crippen LogP contribution is -2.26. The highest BCUT2D eigenvalue weighted by Crippen LogP contribution is 2.53. The normalized spacial score (nSPS) is 17.0. The molecule has 1 aliphatic heterocycles. The molecule has 6 aromatic carbocycles. The average Bonchev–Trinajstić information content (AvgIpc) is 3.78. The van der Waals surface area contributed by atoms with Crippen molar-refractivity contribution < 1.29 is 0 Å². The van der Waals surface area contributed by atoms with Crippen LogP contribution >= 0.6 is 45.2 Å². The average molecular weight is 900 g/mol. The molecular weight excluding hydrogens is 856 g/mol. The quantitative estimate of drug-likeness (QED) is 0.0794. The van der Waals surface area contributed by atoms with Gasteiger partial charge in [0.2, 0.25) is 0 Å². The fourth-order valence-electron chi connectivity index (χ4n) is 8.16. The highest BCUT2D eigenvalue weighted by atomic mass is 127. The summed E-state index contributed by atoms with van der Waals surface area (Å²) < 4.78 is 1.99. The Morgan fingerprint density at radius 3 is 1.77 bits per heavy atom. The fraction of sp³-hybridized carbons (Fsp3) is 0.184. The number of benzene rings is 6. The van der Waals surface area contributed by atoms with Crippen molar-refractivity contribution in [2.24, 2.45) is 0 Å². The highest BCUT2D eigenvalue weighted by molar-refractivity contribution is 14.1. The minimum atomic E-state index is 0.485. The molecule has 0 bridgehead atoms. The van der Waals surface area contributed by atoms with Gasteiger partial charge in [0.25, 0.3) is 0 Å². The molecule has 0 spiro atoms. The Morgan fingerprint density at radius 1 is 0.577 bits per heavy atom. The molecule has 3 heteroatoms. The Morgan fingerprint density at radius 2 is 1.15 bits per heavy atom. The topological polar surface area (TPSA) is 3.24 Å². The van der Waals surface area contributed by atoms with Crippen LogP contribution in [0.2, 0.25) is 0 Å². The number of alkyl halides is 2. The summed E-state index contributed by atoms with van der Waals surface area (Å²) >= 11 is 4.97. The molecule has 0 N–H and O–H groups in total. The van der Waals surface area contributed by atoms with Gasteiger partial charge >= 0.3 is 0 Å². The van der Waals surface area contributed by atoms with Crippen molar-refractivity contribution in [3.63, 3.8) is 0 Å². The third-order valence-corrected chi connectivity index (χ3v) is 12.6. The van der Waals surface area contributed by atoms with E-state index in [-0.39, 0.29) is 0 Å². The second-order valence-corrected chi connectivity index (χ2v) is 15.9. The molecule has 1 saturated carbocycles. The number of anilines is 2. The van der Waals surface area contributed by atoms with Crippen LogP contribution in [0.3, 0.4) is 0 Å². The number of fused-ring (bicyclic) bond motifs is 3. The van der Waals surface area contributed by atoms with E-state index in [1.165, 1.54) is 103 Å². The van der Waals surface area contributed by atoms with Gasteiger partial charge in [-0.2, -0.15) is 0 Å². The Bertz CT molecular complexity index is 2250. The Labute approximate surface area is 336 Å². The molecule has 2 aliphatic rings. The Hall–Kier alpha value is -3.94. The minimum Gasteiger partial charge on any atom is -0.337 e. The molecule has 1 heterocycles. The summed E-state index contributed by atoms with van der Waals surface area (Å²) in [4.78, 5) is 2.69. The third kappa shape index (κ3) is 7.32. The van der Waals surface area contributed by atoms with Gasteiger partial charge in [0, 0.05) is 32.2 Å². The van der Waals surface area contributed by atoms with Gasteiger partial charge in [-0.1, -0.05) is 178 Å². The van der Waals surface area contributed by atoms with Crippen LogP contribution in [0.4, 0.5) is 11.4 Å².